The fourth-order valence-corrected chi connectivity index (χ4v) is 5.84. The standard InChI is InChI=1S/C30H31ClN6O/c1-22-32-33-29-30(38)36(26-10-5-6-11-27(26)37(22)29)17-7-16-34-18-20-35(21-19-34)28(23-8-3-2-4-9-23)24-12-14-25(31)15-13-24/h2-6,8-15,28H,7,16-21H2,1H3. The van der Waals surface area contributed by atoms with Gasteiger partial charge in [0, 0.05) is 37.7 Å². The van der Waals surface area contributed by atoms with Crippen LogP contribution in [-0.2, 0) is 6.54 Å². The van der Waals surface area contributed by atoms with Crippen LogP contribution >= 0.6 is 11.6 Å². The molecule has 1 unspecified atom stereocenters. The van der Waals surface area contributed by atoms with E-state index in [2.05, 4.69) is 62.5 Å². The molecule has 194 valence electrons. The zero-order valence-corrected chi connectivity index (χ0v) is 22.3. The smallest absolute Gasteiger partial charge is 0.296 e. The minimum atomic E-state index is -0.0808. The number of aryl methyl sites for hydroxylation is 2. The molecule has 1 saturated heterocycles. The fourth-order valence-electron chi connectivity index (χ4n) is 5.71. The van der Waals surface area contributed by atoms with Crippen LogP contribution in [0, 0.1) is 6.92 Å². The average molecular weight is 527 g/mol. The topological polar surface area (TPSA) is 58.7 Å². The second-order valence-electron chi connectivity index (χ2n) is 9.95. The zero-order valence-electron chi connectivity index (χ0n) is 21.5. The maximum atomic E-state index is 13.3. The van der Waals surface area contributed by atoms with Crippen molar-refractivity contribution < 1.29 is 0 Å². The molecule has 38 heavy (non-hydrogen) atoms. The molecule has 1 atom stereocenters. The van der Waals surface area contributed by atoms with Gasteiger partial charge >= 0.3 is 0 Å². The summed E-state index contributed by atoms with van der Waals surface area (Å²) in [6.45, 7) is 7.43. The van der Waals surface area contributed by atoms with Gasteiger partial charge in [-0.15, -0.1) is 10.2 Å². The van der Waals surface area contributed by atoms with Crippen LogP contribution in [0.25, 0.3) is 16.7 Å². The molecule has 8 heteroatoms. The number of fused-ring (bicyclic) bond motifs is 3. The van der Waals surface area contributed by atoms with E-state index < -0.39 is 0 Å². The molecule has 5 aromatic rings. The predicted octanol–water partition coefficient (Wildman–Crippen LogP) is 4.80. The van der Waals surface area contributed by atoms with Crippen LogP contribution in [-0.4, -0.2) is 61.7 Å². The maximum Gasteiger partial charge on any atom is 0.296 e. The minimum absolute atomic E-state index is 0.0808. The summed E-state index contributed by atoms with van der Waals surface area (Å²) in [6.07, 6.45) is 0.895. The number of hydrogen-bond acceptors (Lipinski definition) is 5. The summed E-state index contributed by atoms with van der Waals surface area (Å²) in [7, 11) is 0. The van der Waals surface area contributed by atoms with Gasteiger partial charge in [0.25, 0.3) is 5.56 Å². The van der Waals surface area contributed by atoms with Crippen molar-refractivity contribution in [3.05, 3.63) is 111 Å². The molecular formula is C30H31ClN6O. The Hall–Kier alpha value is -3.52. The highest BCUT2D eigenvalue weighted by Gasteiger charge is 2.26. The summed E-state index contributed by atoms with van der Waals surface area (Å²) in [5, 5.41) is 9.07. The average Bonchev–Trinajstić information content (AvgIpc) is 3.35. The van der Waals surface area contributed by atoms with Gasteiger partial charge in [-0.1, -0.05) is 66.2 Å². The van der Waals surface area contributed by atoms with Crippen molar-refractivity contribution in [1.29, 1.82) is 0 Å². The monoisotopic (exact) mass is 526 g/mol. The molecule has 1 aliphatic rings. The Balaban J connectivity index is 1.14. The van der Waals surface area contributed by atoms with Crippen LogP contribution in [0.3, 0.4) is 0 Å². The molecule has 0 aliphatic carbocycles. The molecule has 1 aliphatic heterocycles. The van der Waals surface area contributed by atoms with Gasteiger partial charge in [0.15, 0.2) is 0 Å². The van der Waals surface area contributed by atoms with Gasteiger partial charge in [0.1, 0.15) is 5.82 Å². The number of benzene rings is 3. The van der Waals surface area contributed by atoms with Crippen LogP contribution in [0.15, 0.2) is 83.7 Å². The van der Waals surface area contributed by atoms with Gasteiger partial charge in [0.05, 0.1) is 17.1 Å². The molecule has 0 radical (unpaired) electrons. The number of piperazine rings is 1. The fraction of sp³-hybridized carbons (Fsp3) is 0.300. The van der Waals surface area contributed by atoms with E-state index in [0.29, 0.717) is 12.2 Å². The molecule has 3 heterocycles. The van der Waals surface area contributed by atoms with Gasteiger partial charge in [0.2, 0.25) is 5.65 Å². The molecule has 1 fully saturated rings. The minimum Gasteiger partial charge on any atom is -0.304 e. The highest BCUT2D eigenvalue weighted by atomic mass is 35.5. The first-order valence-electron chi connectivity index (χ1n) is 13.2. The second-order valence-corrected chi connectivity index (χ2v) is 10.4. The zero-order chi connectivity index (χ0) is 26.1. The van der Waals surface area contributed by atoms with Gasteiger partial charge in [-0.05, 0) is 55.3 Å². The Morgan fingerprint density at radius 3 is 2.18 bits per heavy atom. The Morgan fingerprint density at radius 2 is 1.45 bits per heavy atom. The van der Waals surface area contributed by atoms with Crippen LogP contribution in [0.1, 0.15) is 29.4 Å². The Kier molecular flexibility index (Phi) is 6.98. The van der Waals surface area contributed by atoms with E-state index in [4.69, 9.17) is 11.6 Å². The first-order chi connectivity index (χ1) is 18.6. The number of hydrogen-bond donors (Lipinski definition) is 0. The van der Waals surface area contributed by atoms with Crippen LogP contribution in [0.2, 0.25) is 5.02 Å². The number of aromatic nitrogens is 4. The van der Waals surface area contributed by atoms with E-state index in [1.807, 2.05) is 52.3 Å². The van der Waals surface area contributed by atoms with Crippen molar-refractivity contribution in [2.45, 2.75) is 25.9 Å². The van der Waals surface area contributed by atoms with E-state index in [-0.39, 0.29) is 11.6 Å². The van der Waals surface area contributed by atoms with Crippen molar-refractivity contribution in [1.82, 2.24) is 29.0 Å². The predicted molar refractivity (Wildman–Crippen MR) is 152 cm³/mol. The Morgan fingerprint density at radius 1 is 0.789 bits per heavy atom. The summed E-state index contributed by atoms with van der Waals surface area (Å²) < 4.78 is 3.72. The third kappa shape index (κ3) is 4.73. The number of halogens is 1. The van der Waals surface area contributed by atoms with Gasteiger partial charge in [-0.25, -0.2) is 0 Å². The van der Waals surface area contributed by atoms with E-state index >= 15 is 0 Å². The lowest BCUT2D eigenvalue weighted by atomic mass is 9.96. The first-order valence-corrected chi connectivity index (χ1v) is 13.6. The van der Waals surface area contributed by atoms with E-state index in [1.165, 1.54) is 11.1 Å². The quantitative estimate of drug-likeness (QED) is 0.305. The van der Waals surface area contributed by atoms with Gasteiger partial charge in [-0.2, -0.15) is 0 Å². The molecule has 0 amide bonds. The first kappa shape index (κ1) is 24.8. The van der Waals surface area contributed by atoms with Crippen molar-refractivity contribution in [3.8, 4) is 0 Å². The second kappa shape index (κ2) is 10.7. The number of para-hydroxylation sites is 2. The van der Waals surface area contributed by atoms with Crippen LogP contribution in [0.5, 0.6) is 0 Å². The molecule has 2 aromatic heterocycles. The summed E-state index contributed by atoms with van der Waals surface area (Å²) in [5.74, 6) is 0.728. The van der Waals surface area contributed by atoms with E-state index in [9.17, 15) is 4.79 Å². The highest BCUT2D eigenvalue weighted by Crippen LogP contribution is 2.30. The molecule has 3 aromatic carbocycles. The van der Waals surface area contributed by atoms with E-state index in [1.54, 1.807) is 0 Å². The normalized spacial score (nSPS) is 15.8. The molecule has 0 spiro atoms. The summed E-state index contributed by atoms with van der Waals surface area (Å²) >= 11 is 6.18. The Bertz CT molecular complexity index is 1600. The van der Waals surface area contributed by atoms with Crippen LogP contribution < -0.4 is 5.56 Å². The molecular weight excluding hydrogens is 496 g/mol. The molecule has 0 N–H and O–H groups in total. The molecule has 0 saturated carbocycles. The third-order valence-corrected chi connectivity index (χ3v) is 7.86. The number of rotatable bonds is 7. The van der Waals surface area contributed by atoms with E-state index in [0.717, 1.165) is 61.0 Å². The maximum absolute atomic E-state index is 13.3. The lowest BCUT2D eigenvalue weighted by molar-refractivity contribution is 0.108. The Labute approximate surface area is 226 Å². The molecule has 0 bridgehead atoms. The summed E-state index contributed by atoms with van der Waals surface area (Å²) in [5.41, 5.74) is 4.76. The third-order valence-electron chi connectivity index (χ3n) is 7.60. The lowest BCUT2D eigenvalue weighted by Gasteiger charge is -2.40. The molecule has 7 nitrogen and oxygen atoms in total. The van der Waals surface area contributed by atoms with Crippen molar-refractivity contribution in [3.63, 3.8) is 0 Å². The largest absolute Gasteiger partial charge is 0.304 e. The van der Waals surface area contributed by atoms with Gasteiger partial charge < -0.3 is 9.47 Å². The summed E-state index contributed by atoms with van der Waals surface area (Å²) in [6, 6.07) is 27.2. The highest BCUT2D eigenvalue weighted by molar-refractivity contribution is 6.30. The van der Waals surface area contributed by atoms with Crippen molar-refractivity contribution in [2.75, 3.05) is 32.7 Å². The van der Waals surface area contributed by atoms with Crippen LogP contribution in [0.4, 0.5) is 0 Å². The van der Waals surface area contributed by atoms with Crippen molar-refractivity contribution in [2.24, 2.45) is 0 Å². The summed E-state index contributed by atoms with van der Waals surface area (Å²) in [4.78, 5) is 18.3. The van der Waals surface area contributed by atoms with Gasteiger partial charge in [-0.3, -0.25) is 14.1 Å². The SMILES string of the molecule is Cc1nnc2c(=O)n(CCCN3CCN(C(c4ccccc4)c4ccc(Cl)cc4)CC3)c3ccccc3n12. The number of nitrogens with zero attached hydrogens (tertiary/aromatic N) is 6. The lowest BCUT2D eigenvalue weighted by Crippen LogP contribution is -2.48. The van der Waals surface area contributed by atoms with Crippen molar-refractivity contribution >= 4 is 28.3 Å². The molecule has 6 rings (SSSR count).